The third-order valence-corrected chi connectivity index (χ3v) is 3.51. The Hall–Kier alpha value is -0.0800. The molecule has 0 aliphatic carbocycles. The summed E-state index contributed by atoms with van der Waals surface area (Å²) in [5.41, 5.74) is 0. The van der Waals surface area contributed by atoms with E-state index in [-0.39, 0.29) is 0 Å². The Morgan fingerprint density at radius 2 is 2.20 bits per heavy atom. The lowest BCUT2D eigenvalue weighted by Gasteiger charge is -2.26. The van der Waals surface area contributed by atoms with Gasteiger partial charge in [-0.05, 0) is 37.6 Å². The summed E-state index contributed by atoms with van der Waals surface area (Å²) in [7, 11) is 0. The number of rotatable bonds is 7. The van der Waals surface area contributed by atoms with Crippen LogP contribution in [0.3, 0.4) is 0 Å². The van der Waals surface area contributed by atoms with E-state index >= 15 is 0 Å². The molecule has 1 aliphatic heterocycles. The second-order valence-corrected chi connectivity index (χ2v) is 4.90. The van der Waals surface area contributed by atoms with Crippen LogP contribution in [0.25, 0.3) is 0 Å². The van der Waals surface area contributed by atoms with Crippen molar-refractivity contribution in [3.8, 4) is 0 Å². The maximum atomic E-state index is 5.45. The second-order valence-electron chi connectivity index (χ2n) is 4.90. The maximum Gasteiger partial charge on any atom is 0.0495 e. The number of hydrogen-bond acceptors (Lipinski definition) is 2. The van der Waals surface area contributed by atoms with Gasteiger partial charge in [0.2, 0.25) is 0 Å². The molecule has 1 rings (SSSR count). The van der Waals surface area contributed by atoms with Gasteiger partial charge in [0.25, 0.3) is 0 Å². The van der Waals surface area contributed by atoms with Gasteiger partial charge >= 0.3 is 0 Å². The molecule has 1 aliphatic rings. The molecule has 0 bridgehead atoms. The van der Waals surface area contributed by atoms with Crippen LogP contribution < -0.4 is 5.32 Å². The minimum atomic E-state index is 0.696. The van der Waals surface area contributed by atoms with Gasteiger partial charge in [-0.15, -0.1) is 0 Å². The average molecular weight is 213 g/mol. The van der Waals surface area contributed by atoms with Crippen LogP contribution in [-0.2, 0) is 4.74 Å². The van der Waals surface area contributed by atoms with Crippen molar-refractivity contribution in [1.82, 2.24) is 5.32 Å². The Morgan fingerprint density at radius 1 is 1.40 bits per heavy atom. The highest BCUT2D eigenvalue weighted by Crippen LogP contribution is 2.23. The van der Waals surface area contributed by atoms with Gasteiger partial charge in [0.05, 0.1) is 0 Å². The van der Waals surface area contributed by atoms with Gasteiger partial charge in [-0.3, -0.25) is 0 Å². The van der Waals surface area contributed by atoms with Gasteiger partial charge in [0, 0.05) is 19.3 Å². The van der Waals surface area contributed by atoms with Crippen molar-refractivity contribution >= 4 is 0 Å². The predicted molar refractivity (Wildman–Crippen MR) is 65.1 cm³/mol. The largest absolute Gasteiger partial charge is 0.381 e. The molecular weight excluding hydrogens is 186 g/mol. The molecule has 0 aromatic rings. The molecule has 1 fully saturated rings. The summed E-state index contributed by atoms with van der Waals surface area (Å²) in [6, 6.07) is 0.696. The van der Waals surface area contributed by atoms with E-state index in [4.69, 9.17) is 4.74 Å². The van der Waals surface area contributed by atoms with Crippen LogP contribution in [0.4, 0.5) is 0 Å². The Morgan fingerprint density at radius 3 is 2.73 bits per heavy atom. The summed E-state index contributed by atoms with van der Waals surface area (Å²) in [5.74, 6) is 1.60. The molecule has 3 atom stereocenters. The molecule has 3 unspecified atom stereocenters. The van der Waals surface area contributed by atoms with Crippen LogP contribution in [0.15, 0.2) is 0 Å². The second kappa shape index (κ2) is 7.24. The van der Waals surface area contributed by atoms with Crippen molar-refractivity contribution in [2.24, 2.45) is 11.8 Å². The van der Waals surface area contributed by atoms with Crippen molar-refractivity contribution in [3.63, 3.8) is 0 Å². The zero-order valence-corrected chi connectivity index (χ0v) is 10.6. The van der Waals surface area contributed by atoms with Crippen LogP contribution in [0, 0.1) is 11.8 Å². The van der Waals surface area contributed by atoms with Crippen molar-refractivity contribution in [2.45, 2.75) is 52.5 Å². The first-order valence-corrected chi connectivity index (χ1v) is 6.59. The Kier molecular flexibility index (Phi) is 6.26. The summed E-state index contributed by atoms with van der Waals surface area (Å²) in [4.78, 5) is 0. The van der Waals surface area contributed by atoms with Crippen LogP contribution in [0.1, 0.15) is 46.5 Å². The van der Waals surface area contributed by atoms with E-state index in [2.05, 4.69) is 26.1 Å². The Bertz CT molecular complexity index is 155. The van der Waals surface area contributed by atoms with Crippen molar-refractivity contribution in [2.75, 3.05) is 19.8 Å². The molecule has 2 nitrogen and oxygen atoms in total. The van der Waals surface area contributed by atoms with Gasteiger partial charge in [-0.2, -0.15) is 0 Å². The Balaban J connectivity index is 2.33. The molecule has 1 heterocycles. The van der Waals surface area contributed by atoms with Gasteiger partial charge in [0.15, 0.2) is 0 Å². The fraction of sp³-hybridized carbons (Fsp3) is 1.00. The summed E-state index contributed by atoms with van der Waals surface area (Å²) < 4.78 is 5.45. The highest BCUT2D eigenvalue weighted by atomic mass is 16.5. The average Bonchev–Trinajstić information content (AvgIpc) is 2.70. The maximum absolute atomic E-state index is 5.45. The summed E-state index contributed by atoms with van der Waals surface area (Å²) in [6.07, 6.45) is 5.20. The lowest BCUT2D eigenvalue weighted by molar-refractivity contribution is 0.177. The van der Waals surface area contributed by atoms with E-state index in [1.807, 2.05) is 0 Å². The predicted octanol–water partition coefficient (Wildman–Crippen LogP) is 2.83. The highest BCUT2D eigenvalue weighted by molar-refractivity contribution is 4.78. The number of hydrogen-bond donors (Lipinski definition) is 1. The van der Waals surface area contributed by atoms with Crippen molar-refractivity contribution < 1.29 is 4.74 Å². The third kappa shape index (κ3) is 4.52. The van der Waals surface area contributed by atoms with E-state index in [9.17, 15) is 0 Å². The van der Waals surface area contributed by atoms with E-state index in [0.29, 0.717) is 6.04 Å². The van der Waals surface area contributed by atoms with Gasteiger partial charge < -0.3 is 10.1 Å². The highest BCUT2D eigenvalue weighted by Gasteiger charge is 2.23. The Labute approximate surface area is 94.8 Å². The lowest BCUT2D eigenvalue weighted by Crippen LogP contribution is -2.36. The quantitative estimate of drug-likeness (QED) is 0.702. The van der Waals surface area contributed by atoms with E-state index in [1.165, 1.54) is 25.7 Å². The SMILES string of the molecule is CCCC(C)C(CC1CCOC1)NCC. The molecule has 1 N–H and O–H groups in total. The first kappa shape index (κ1) is 13.0. The zero-order chi connectivity index (χ0) is 11.1. The molecule has 2 heteroatoms. The fourth-order valence-corrected chi connectivity index (χ4v) is 2.56. The monoisotopic (exact) mass is 213 g/mol. The van der Waals surface area contributed by atoms with Gasteiger partial charge in [-0.25, -0.2) is 0 Å². The first-order valence-electron chi connectivity index (χ1n) is 6.59. The standard InChI is InChI=1S/C13H27NO/c1-4-6-11(3)13(14-5-2)9-12-7-8-15-10-12/h11-14H,4-10H2,1-3H3. The fourth-order valence-electron chi connectivity index (χ4n) is 2.56. The first-order chi connectivity index (χ1) is 7.27. The van der Waals surface area contributed by atoms with E-state index in [0.717, 1.165) is 31.6 Å². The topological polar surface area (TPSA) is 21.3 Å². The van der Waals surface area contributed by atoms with Gasteiger partial charge in [0.1, 0.15) is 0 Å². The third-order valence-electron chi connectivity index (χ3n) is 3.51. The normalized spacial score (nSPS) is 25.4. The van der Waals surface area contributed by atoms with Crippen LogP contribution in [0.5, 0.6) is 0 Å². The molecule has 0 aromatic heterocycles. The van der Waals surface area contributed by atoms with E-state index in [1.54, 1.807) is 0 Å². The van der Waals surface area contributed by atoms with Crippen LogP contribution >= 0.6 is 0 Å². The minimum Gasteiger partial charge on any atom is -0.381 e. The van der Waals surface area contributed by atoms with E-state index < -0.39 is 0 Å². The van der Waals surface area contributed by atoms with Crippen molar-refractivity contribution in [3.05, 3.63) is 0 Å². The molecule has 15 heavy (non-hydrogen) atoms. The molecule has 0 amide bonds. The summed E-state index contributed by atoms with van der Waals surface area (Å²) in [6.45, 7) is 9.92. The van der Waals surface area contributed by atoms with Crippen LogP contribution in [-0.4, -0.2) is 25.8 Å². The van der Waals surface area contributed by atoms with Gasteiger partial charge in [-0.1, -0.05) is 27.2 Å². The smallest absolute Gasteiger partial charge is 0.0495 e. The molecule has 0 aromatic carbocycles. The molecule has 0 spiro atoms. The minimum absolute atomic E-state index is 0.696. The molecular formula is C13H27NO. The molecule has 0 saturated carbocycles. The molecule has 90 valence electrons. The molecule has 0 radical (unpaired) electrons. The number of ether oxygens (including phenoxy) is 1. The summed E-state index contributed by atoms with van der Waals surface area (Å²) in [5, 5.41) is 3.64. The lowest BCUT2D eigenvalue weighted by atomic mass is 9.88. The summed E-state index contributed by atoms with van der Waals surface area (Å²) >= 11 is 0. The number of nitrogens with one attached hydrogen (secondary N) is 1. The molecule has 1 saturated heterocycles. The zero-order valence-electron chi connectivity index (χ0n) is 10.6. The van der Waals surface area contributed by atoms with Crippen molar-refractivity contribution in [1.29, 1.82) is 0 Å². The van der Waals surface area contributed by atoms with Crippen LogP contribution in [0.2, 0.25) is 0 Å².